The van der Waals surface area contributed by atoms with Crippen molar-refractivity contribution >= 4 is 17.0 Å². The Bertz CT molecular complexity index is 951. The summed E-state index contributed by atoms with van der Waals surface area (Å²) in [6, 6.07) is 7.01. The molecule has 8 heteroatoms. The lowest BCUT2D eigenvalue weighted by Crippen LogP contribution is -2.32. The Kier molecular flexibility index (Phi) is 4.09. The van der Waals surface area contributed by atoms with E-state index in [9.17, 15) is 9.59 Å². The van der Waals surface area contributed by atoms with E-state index in [4.69, 9.17) is 8.94 Å². The lowest BCUT2D eigenvalue weighted by molar-refractivity contribution is -0.121. The maximum absolute atomic E-state index is 12.1. The van der Waals surface area contributed by atoms with Crippen molar-refractivity contribution in [2.75, 3.05) is 6.54 Å². The summed E-state index contributed by atoms with van der Waals surface area (Å²) in [7, 11) is 0. The minimum absolute atomic E-state index is 0.0879. The zero-order valence-corrected chi connectivity index (χ0v) is 13.6. The highest BCUT2D eigenvalue weighted by molar-refractivity contribution is 5.79. The van der Waals surface area contributed by atoms with Crippen LogP contribution in [0.2, 0.25) is 0 Å². The number of nitrogens with zero attached hydrogens (tertiary/aromatic N) is 3. The Hall–Kier alpha value is -2.90. The molecule has 1 N–H and O–H groups in total. The number of amides is 1. The molecule has 2 heterocycles. The number of fused-ring (bicyclic) bond motifs is 1. The lowest BCUT2D eigenvalue weighted by atomic mass is 9.85. The number of nitrogens with one attached hydrogen (secondary N) is 1. The summed E-state index contributed by atoms with van der Waals surface area (Å²) < 4.78 is 11.7. The molecule has 1 aliphatic rings. The third-order valence-electron chi connectivity index (χ3n) is 4.48. The van der Waals surface area contributed by atoms with Gasteiger partial charge in [-0.2, -0.15) is 4.98 Å². The number of hydrogen-bond acceptors (Lipinski definition) is 6. The maximum Gasteiger partial charge on any atom is 0.420 e. The van der Waals surface area contributed by atoms with Gasteiger partial charge >= 0.3 is 5.76 Å². The van der Waals surface area contributed by atoms with E-state index >= 15 is 0 Å². The molecule has 1 fully saturated rings. The van der Waals surface area contributed by atoms with Gasteiger partial charge in [-0.25, -0.2) is 4.79 Å². The van der Waals surface area contributed by atoms with Crippen LogP contribution in [0.25, 0.3) is 11.1 Å². The van der Waals surface area contributed by atoms with E-state index in [1.165, 1.54) is 11.0 Å². The molecule has 25 heavy (non-hydrogen) atoms. The summed E-state index contributed by atoms with van der Waals surface area (Å²) in [5, 5.41) is 6.70. The molecule has 1 amide bonds. The number of rotatable bonds is 6. The first-order chi connectivity index (χ1) is 12.2. The number of hydrogen-bond donors (Lipinski definition) is 1. The van der Waals surface area contributed by atoms with Crippen LogP contribution in [0.5, 0.6) is 0 Å². The SMILES string of the molecule is O=C(Cn1c(=O)oc2ccccc21)NCCc1noc(C2CCC2)n1. The molecule has 1 saturated carbocycles. The highest BCUT2D eigenvalue weighted by atomic mass is 16.5. The summed E-state index contributed by atoms with van der Waals surface area (Å²) in [4.78, 5) is 28.3. The third-order valence-corrected chi connectivity index (χ3v) is 4.48. The summed E-state index contributed by atoms with van der Waals surface area (Å²) in [5.74, 6) is 0.880. The quantitative estimate of drug-likeness (QED) is 0.730. The monoisotopic (exact) mass is 342 g/mol. The molecular formula is C17H18N4O4. The van der Waals surface area contributed by atoms with Crippen LogP contribution in [0.4, 0.5) is 0 Å². The summed E-state index contributed by atoms with van der Waals surface area (Å²) >= 11 is 0. The van der Waals surface area contributed by atoms with Crippen molar-refractivity contribution in [1.82, 2.24) is 20.0 Å². The van der Waals surface area contributed by atoms with Crippen LogP contribution >= 0.6 is 0 Å². The van der Waals surface area contributed by atoms with E-state index in [-0.39, 0.29) is 12.5 Å². The summed E-state index contributed by atoms with van der Waals surface area (Å²) in [6.07, 6.45) is 3.90. The molecule has 0 atom stereocenters. The van der Waals surface area contributed by atoms with E-state index < -0.39 is 5.76 Å². The first-order valence-corrected chi connectivity index (χ1v) is 8.38. The summed E-state index contributed by atoms with van der Waals surface area (Å²) in [5.41, 5.74) is 1.07. The minimum atomic E-state index is -0.542. The highest BCUT2D eigenvalue weighted by Gasteiger charge is 2.25. The Morgan fingerprint density at radius 1 is 1.32 bits per heavy atom. The second kappa shape index (κ2) is 6.54. The van der Waals surface area contributed by atoms with E-state index in [2.05, 4.69) is 15.5 Å². The fourth-order valence-electron chi connectivity index (χ4n) is 2.87. The highest BCUT2D eigenvalue weighted by Crippen LogP contribution is 2.35. The lowest BCUT2D eigenvalue weighted by Gasteiger charge is -2.20. The predicted octanol–water partition coefficient (Wildman–Crippen LogP) is 1.60. The van der Waals surface area contributed by atoms with Gasteiger partial charge in [-0.1, -0.05) is 23.7 Å². The molecule has 0 radical (unpaired) electrons. The summed E-state index contributed by atoms with van der Waals surface area (Å²) in [6.45, 7) is 0.294. The second-order valence-corrected chi connectivity index (χ2v) is 6.20. The van der Waals surface area contributed by atoms with Crippen LogP contribution in [0, 0.1) is 0 Å². The number of carbonyl (C=O) groups is 1. The van der Waals surface area contributed by atoms with Gasteiger partial charge in [0, 0.05) is 18.9 Å². The van der Waals surface area contributed by atoms with Gasteiger partial charge < -0.3 is 14.3 Å². The molecule has 0 spiro atoms. The molecule has 3 aromatic rings. The smallest absolute Gasteiger partial charge is 0.408 e. The van der Waals surface area contributed by atoms with Crippen molar-refractivity contribution in [2.45, 2.75) is 38.1 Å². The fraction of sp³-hybridized carbons (Fsp3) is 0.412. The van der Waals surface area contributed by atoms with Gasteiger partial charge in [-0.15, -0.1) is 0 Å². The van der Waals surface area contributed by atoms with E-state index in [0.29, 0.717) is 41.7 Å². The van der Waals surface area contributed by atoms with Crippen molar-refractivity contribution in [1.29, 1.82) is 0 Å². The van der Waals surface area contributed by atoms with Crippen molar-refractivity contribution in [3.05, 3.63) is 46.5 Å². The Labute approximate surface area is 142 Å². The third kappa shape index (κ3) is 3.19. The van der Waals surface area contributed by atoms with Crippen LogP contribution in [0.1, 0.15) is 36.9 Å². The largest absolute Gasteiger partial charge is 0.420 e. The zero-order chi connectivity index (χ0) is 17.2. The molecule has 1 aliphatic carbocycles. The molecule has 4 rings (SSSR count). The van der Waals surface area contributed by atoms with Gasteiger partial charge in [-0.3, -0.25) is 9.36 Å². The van der Waals surface area contributed by atoms with Crippen LogP contribution < -0.4 is 11.1 Å². The zero-order valence-electron chi connectivity index (χ0n) is 13.6. The van der Waals surface area contributed by atoms with Gasteiger partial charge in [-0.05, 0) is 25.0 Å². The van der Waals surface area contributed by atoms with Gasteiger partial charge in [0.2, 0.25) is 11.8 Å². The van der Waals surface area contributed by atoms with Crippen LogP contribution in [0.3, 0.4) is 0 Å². The molecule has 0 unspecified atom stereocenters. The average Bonchev–Trinajstić information content (AvgIpc) is 3.11. The van der Waals surface area contributed by atoms with E-state index in [1.54, 1.807) is 24.3 Å². The number of aromatic nitrogens is 3. The van der Waals surface area contributed by atoms with Crippen molar-refractivity contribution in [2.24, 2.45) is 0 Å². The number of carbonyl (C=O) groups excluding carboxylic acids is 1. The van der Waals surface area contributed by atoms with Gasteiger partial charge in [0.05, 0.1) is 5.52 Å². The predicted molar refractivity (Wildman–Crippen MR) is 88.1 cm³/mol. The molecule has 0 aliphatic heterocycles. The topological polar surface area (TPSA) is 103 Å². The first-order valence-electron chi connectivity index (χ1n) is 8.38. The number of para-hydroxylation sites is 2. The van der Waals surface area contributed by atoms with Crippen molar-refractivity contribution < 1.29 is 13.7 Å². The maximum atomic E-state index is 12.1. The second-order valence-electron chi connectivity index (χ2n) is 6.20. The molecule has 8 nitrogen and oxygen atoms in total. The Morgan fingerprint density at radius 3 is 2.96 bits per heavy atom. The molecule has 1 aromatic carbocycles. The van der Waals surface area contributed by atoms with Gasteiger partial charge in [0.25, 0.3) is 0 Å². The van der Waals surface area contributed by atoms with E-state index in [0.717, 1.165) is 12.8 Å². The normalized spacial score (nSPS) is 14.6. The van der Waals surface area contributed by atoms with Gasteiger partial charge in [0.1, 0.15) is 6.54 Å². The number of benzene rings is 1. The average molecular weight is 342 g/mol. The minimum Gasteiger partial charge on any atom is -0.408 e. The number of oxazole rings is 1. The fourth-order valence-corrected chi connectivity index (χ4v) is 2.87. The Balaban J connectivity index is 1.32. The standard InChI is InChI=1S/C17H18N4O4/c22-15(10-21-12-6-1-2-7-13(12)24-17(21)23)18-9-8-14-19-16(25-20-14)11-4-3-5-11/h1-2,6-7,11H,3-5,8-10H2,(H,18,22). The van der Waals surface area contributed by atoms with Crippen LogP contribution in [0.15, 0.2) is 38.0 Å². The van der Waals surface area contributed by atoms with Crippen LogP contribution in [-0.4, -0.2) is 27.2 Å². The van der Waals surface area contributed by atoms with Gasteiger partial charge in [0.15, 0.2) is 11.4 Å². The molecule has 0 bridgehead atoms. The molecule has 130 valence electrons. The van der Waals surface area contributed by atoms with Crippen LogP contribution in [-0.2, 0) is 17.8 Å². The molecule has 0 saturated heterocycles. The van der Waals surface area contributed by atoms with Crippen molar-refractivity contribution in [3.8, 4) is 0 Å². The first kappa shape index (κ1) is 15.6. The van der Waals surface area contributed by atoms with Crippen molar-refractivity contribution in [3.63, 3.8) is 0 Å². The molecule has 2 aromatic heterocycles. The molecular weight excluding hydrogens is 324 g/mol. The Morgan fingerprint density at radius 2 is 2.16 bits per heavy atom. The van der Waals surface area contributed by atoms with E-state index in [1.807, 2.05) is 0 Å².